The number of aromatic nitrogens is 1. The second kappa shape index (κ2) is 6.80. The van der Waals surface area contributed by atoms with E-state index in [1.54, 1.807) is 47.5 Å². The summed E-state index contributed by atoms with van der Waals surface area (Å²) in [5.41, 5.74) is 0.840. The van der Waals surface area contributed by atoms with Gasteiger partial charge in [-0.15, -0.1) is 17.9 Å². The molecule has 1 aliphatic heterocycles. The van der Waals surface area contributed by atoms with Crippen LogP contribution < -0.4 is 0 Å². The summed E-state index contributed by atoms with van der Waals surface area (Å²) >= 11 is 2.72. The van der Waals surface area contributed by atoms with Crippen LogP contribution in [-0.4, -0.2) is 32.6 Å². The lowest BCUT2D eigenvalue weighted by Crippen LogP contribution is -2.29. The highest BCUT2D eigenvalue weighted by molar-refractivity contribution is 8.18. The van der Waals surface area contributed by atoms with Gasteiger partial charge in [0.25, 0.3) is 5.91 Å². The monoisotopic (exact) mass is 343 g/mol. The van der Waals surface area contributed by atoms with Gasteiger partial charge in [-0.1, -0.05) is 18.2 Å². The highest BCUT2D eigenvalue weighted by atomic mass is 32.2. The van der Waals surface area contributed by atoms with Gasteiger partial charge in [0.2, 0.25) is 5.13 Å². The zero-order valence-corrected chi connectivity index (χ0v) is 13.7. The minimum atomic E-state index is -0.113. The smallest absolute Gasteiger partial charge is 0.267 e. The Labute approximate surface area is 141 Å². The number of hydrogen-bond acceptors (Lipinski definition) is 6. The number of aliphatic imine (C=N–C) groups is 1. The van der Waals surface area contributed by atoms with Crippen LogP contribution in [0.25, 0.3) is 6.08 Å². The molecular formula is C16H13N3O2S2. The van der Waals surface area contributed by atoms with Crippen molar-refractivity contribution in [2.24, 2.45) is 4.99 Å². The lowest BCUT2D eigenvalue weighted by molar-refractivity contribution is -0.121. The number of thiazole rings is 1. The highest BCUT2D eigenvalue weighted by Crippen LogP contribution is 2.34. The number of phenolic OH excluding ortho intramolecular Hbond substituents is 1. The number of thioether (sulfide) groups is 1. The van der Waals surface area contributed by atoms with Crippen LogP contribution in [0.2, 0.25) is 0 Å². The van der Waals surface area contributed by atoms with Crippen molar-refractivity contribution in [2.75, 3.05) is 6.54 Å². The molecule has 116 valence electrons. The molecule has 5 nitrogen and oxygen atoms in total. The molecule has 1 aromatic carbocycles. The standard InChI is InChI=1S/C16H13N3O2S2/c1-2-8-19-14(21)13(10-11-3-5-12(20)6-4-11)23-16(19)18-15-17-7-9-22-15/h2-7,9-10,20H,1,8H2/b13-10-,18-16-. The van der Waals surface area contributed by atoms with E-state index in [0.717, 1.165) is 5.56 Å². The van der Waals surface area contributed by atoms with E-state index >= 15 is 0 Å². The number of phenols is 1. The van der Waals surface area contributed by atoms with Crippen LogP contribution in [0.4, 0.5) is 5.13 Å². The molecular weight excluding hydrogens is 330 g/mol. The third kappa shape index (κ3) is 3.52. The van der Waals surface area contributed by atoms with Gasteiger partial charge in [-0.25, -0.2) is 4.98 Å². The summed E-state index contributed by atoms with van der Waals surface area (Å²) in [5.74, 6) is 0.0788. The average Bonchev–Trinajstić information content (AvgIpc) is 3.14. The Morgan fingerprint density at radius 3 is 2.78 bits per heavy atom. The minimum Gasteiger partial charge on any atom is -0.508 e. The minimum absolute atomic E-state index is 0.113. The Bertz CT molecular complexity index is 780. The molecule has 0 radical (unpaired) electrons. The Morgan fingerprint density at radius 1 is 1.35 bits per heavy atom. The molecule has 0 atom stereocenters. The molecule has 0 aliphatic carbocycles. The topological polar surface area (TPSA) is 65.8 Å². The van der Waals surface area contributed by atoms with Gasteiger partial charge in [-0.2, -0.15) is 4.99 Å². The molecule has 3 rings (SSSR count). The molecule has 1 saturated heterocycles. The van der Waals surface area contributed by atoms with Crippen LogP contribution in [0, 0.1) is 0 Å². The van der Waals surface area contributed by atoms with Crippen molar-refractivity contribution in [2.45, 2.75) is 0 Å². The molecule has 7 heteroatoms. The van der Waals surface area contributed by atoms with Crippen molar-refractivity contribution in [3.63, 3.8) is 0 Å². The Balaban J connectivity index is 1.92. The lowest BCUT2D eigenvalue weighted by atomic mass is 10.2. The summed E-state index contributed by atoms with van der Waals surface area (Å²) < 4.78 is 0. The number of amides is 1. The Kier molecular flexibility index (Phi) is 4.59. The van der Waals surface area contributed by atoms with Gasteiger partial charge in [0.05, 0.1) is 4.91 Å². The number of amidine groups is 1. The molecule has 2 heterocycles. The number of benzene rings is 1. The number of carbonyl (C=O) groups is 1. The van der Waals surface area contributed by atoms with Crippen LogP contribution in [0.5, 0.6) is 5.75 Å². The normalized spacial score (nSPS) is 18.1. The van der Waals surface area contributed by atoms with Crippen molar-refractivity contribution in [3.8, 4) is 5.75 Å². The van der Waals surface area contributed by atoms with E-state index in [-0.39, 0.29) is 11.7 Å². The first-order valence-electron chi connectivity index (χ1n) is 6.77. The molecule has 1 aliphatic rings. The van der Waals surface area contributed by atoms with Crippen LogP contribution >= 0.6 is 23.1 Å². The fourth-order valence-electron chi connectivity index (χ4n) is 1.96. The SMILES string of the molecule is C=CCN1C(=O)/C(=C/c2ccc(O)cc2)S/C1=N\c1nccs1. The molecule has 1 aromatic heterocycles. The Morgan fingerprint density at radius 2 is 2.13 bits per heavy atom. The highest BCUT2D eigenvalue weighted by Gasteiger charge is 2.32. The predicted octanol–water partition coefficient (Wildman–Crippen LogP) is 3.64. The lowest BCUT2D eigenvalue weighted by Gasteiger charge is -2.11. The quantitative estimate of drug-likeness (QED) is 0.680. The second-order valence-electron chi connectivity index (χ2n) is 4.62. The molecule has 0 spiro atoms. The molecule has 23 heavy (non-hydrogen) atoms. The largest absolute Gasteiger partial charge is 0.508 e. The zero-order valence-electron chi connectivity index (χ0n) is 12.0. The molecule has 1 amide bonds. The molecule has 0 unspecified atom stereocenters. The van der Waals surface area contributed by atoms with E-state index in [0.29, 0.717) is 21.7 Å². The van der Waals surface area contributed by atoms with Crippen molar-refractivity contribution < 1.29 is 9.90 Å². The maximum absolute atomic E-state index is 12.5. The molecule has 0 bridgehead atoms. The number of rotatable bonds is 4. The van der Waals surface area contributed by atoms with Gasteiger partial charge >= 0.3 is 0 Å². The maximum Gasteiger partial charge on any atom is 0.267 e. The predicted molar refractivity (Wildman–Crippen MR) is 94.8 cm³/mol. The summed E-state index contributed by atoms with van der Waals surface area (Å²) in [6.07, 6.45) is 5.13. The van der Waals surface area contributed by atoms with E-state index in [4.69, 9.17) is 0 Å². The molecule has 1 N–H and O–H groups in total. The molecule has 1 fully saturated rings. The first-order chi connectivity index (χ1) is 11.2. The third-order valence-electron chi connectivity index (χ3n) is 3.00. The van der Waals surface area contributed by atoms with Crippen molar-refractivity contribution >= 4 is 45.4 Å². The van der Waals surface area contributed by atoms with E-state index in [1.165, 1.54) is 23.1 Å². The van der Waals surface area contributed by atoms with Crippen molar-refractivity contribution in [1.29, 1.82) is 0 Å². The van der Waals surface area contributed by atoms with E-state index in [9.17, 15) is 9.90 Å². The van der Waals surface area contributed by atoms with Gasteiger partial charge in [0.15, 0.2) is 5.17 Å². The van der Waals surface area contributed by atoms with Crippen LogP contribution in [0.1, 0.15) is 5.56 Å². The number of aromatic hydroxyl groups is 1. The number of nitrogens with zero attached hydrogens (tertiary/aromatic N) is 3. The second-order valence-corrected chi connectivity index (χ2v) is 6.50. The third-order valence-corrected chi connectivity index (χ3v) is 4.67. The first kappa shape index (κ1) is 15.5. The van der Waals surface area contributed by atoms with Gasteiger partial charge in [0.1, 0.15) is 5.75 Å². The summed E-state index contributed by atoms with van der Waals surface area (Å²) in [6.45, 7) is 4.08. The van der Waals surface area contributed by atoms with Crippen molar-refractivity contribution in [1.82, 2.24) is 9.88 Å². The summed E-state index contributed by atoms with van der Waals surface area (Å²) in [4.78, 5) is 23.3. The summed E-state index contributed by atoms with van der Waals surface area (Å²) in [5, 5.41) is 12.4. The summed E-state index contributed by atoms with van der Waals surface area (Å²) in [7, 11) is 0. The molecule has 0 saturated carbocycles. The van der Waals surface area contributed by atoms with Crippen LogP contribution in [0.15, 0.2) is 58.4 Å². The van der Waals surface area contributed by atoms with Crippen LogP contribution in [0.3, 0.4) is 0 Å². The number of hydrogen-bond donors (Lipinski definition) is 1. The first-order valence-corrected chi connectivity index (χ1v) is 8.46. The van der Waals surface area contributed by atoms with Gasteiger partial charge < -0.3 is 5.11 Å². The van der Waals surface area contributed by atoms with Gasteiger partial charge in [-0.05, 0) is 35.5 Å². The van der Waals surface area contributed by atoms with Crippen LogP contribution in [-0.2, 0) is 4.79 Å². The van der Waals surface area contributed by atoms with E-state index in [1.807, 2.05) is 5.38 Å². The maximum atomic E-state index is 12.5. The zero-order chi connectivity index (χ0) is 16.2. The fraction of sp³-hybridized carbons (Fsp3) is 0.0625. The van der Waals surface area contributed by atoms with Gasteiger partial charge in [0, 0.05) is 18.1 Å². The average molecular weight is 343 g/mol. The molecule has 2 aromatic rings. The van der Waals surface area contributed by atoms with E-state index in [2.05, 4.69) is 16.6 Å². The Hall–Kier alpha value is -2.38. The van der Waals surface area contributed by atoms with Crippen molar-refractivity contribution in [3.05, 3.63) is 59.0 Å². The number of carbonyl (C=O) groups excluding carboxylic acids is 1. The van der Waals surface area contributed by atoms with E-state index < -0.39 is 0 Å². The summed E-state index contributed by atoms with van der Waals surface area (Å²) in [6, 6.07) is 6.68. The fourth-order valence-corrected chi connectivity index (χ4v) is 3.51. The van der Waals surface area contributed by atoms with Gasteiger partial charge in [-0.3, -0.25) is 9.69 Å².